The van der Waals surface area contributed by atoms with E-state index in [1.807, 2.05) is 13.1 Å². The summed E-state index contributed by atoms with van der Waals surface area (Å²) in [6, 6.07) is 8.57. The zero-order valence-corrected chi connectivity index (χ0v) is 13.2. The Labute approximate surface area is 101 Å². The Morgan fingerprint density at radius 1 is 0.875 bits per heavy atom. The molecule has 0 saturated carbocycles. The van der Waals surface area contributed by atoms with Crippen LogP contribution >= 0.6 is 0 Å². The van der Waals surface area contributed by atoms with Gasteiger partial charge in [0.25, 0.3) is 0 Å². The van der Waals surface area contributed by atoms with Crippen LogP contribution in [0.4, 0.5) is 0 Å². The van der Waals surface area contributed by atoms with Crippen LogP contribution in [0.5, 0.6) is 0 Å². The summed E-state index contributed by atoms with van der Waals surface area (Å²) >= 11 is 0. The topological polar surface area (TPSA) is 23.5 Å². The molecule has 1 aromatic carbocycles. The van der Waals surface area contributed by atoms with Gasteiger partial charge in [0.05, 0.1) is 0 Å². The lowest BCUT2D eigenvalue weighted by molar-refractivity contribution is 0.568. The zero-order valence-electron chi connectivity index (χ0n) is 11.2. The third-order valence-electron chi connectivity index (χ3n) is 3.42. The van der Waals surface area contributed by atoms with Crippen molar-refractivity contribution in [3.63, 3.8) is 0 Å². The SMILES string of the molecule is CN(C)[Si](C)(C)c1ccc([Si](C)(C)O)cc1. The van der Waals surface area contributed by atoms with E-state index in [9.17, 15) is 4.80 Å². The van der Waals surface area contributed by atoms with Crippen LogP contribution in [0, 0.1) is 0 Å². The first-order chi connectivity index (χ1) is 7.15. The molecule has 0 saturated heterocycles. The van der Waals surface area contributed by atoms with Gasteiger partial charge in [-0.1, -0.05) is 37.4 Å². The summed E-state index contributed by atoms with van der Waals surface area (Å²) in [6.07, 6.45) is 0. The van der Waals surface area contributed by atoms with E-state index in [1.54, 1.807) is 0 Å². The molecular formula is C12H23NOSi2. The summed E-state index contributed by atoms with van der Waals surface area (Å²) < 4.78 is 2.34. The van der Waals surface area contributed by atoms with Gasteiger partial charge in [0.1, 0.15) is 0 Å². The zero-order chi connectivity index (χ0) is 12.6. The lowest BCUT2D eigenvalue weighted by Gasteiger charge is -2.31. The summed E-state index contributed by atoms with van der Waals surface area (Å²) in [6.45, 7) is 8.58. The molecule has 0 spiro atoms. The Morgan fingerprint density at radius 3 is 1.56 bits per heavy atom. The minimum atomic E-state index is -2.14. The maximum atomic E-state index is 10.0. The lowest BCUT2D eigenvalue weighted by atomic mass is 10.4. The molecular weight excluding hydrogens is 230 g/mol. The van der Waals surface area contributed by atoms with Gasteiger partial charge in [-0.2, -0.15) is 0 Å². The molecule has 90 valence electrons. The Morgan fingerprint density at radius 2 is 1.25 bits per heavy atom. The van der Waals surface area contributed by atoms with Gasteiger partial charge in [0, 0.05) is 0 Å². The van der Waals surface area contributed by atoms with Crippen LogP contribution in [0.25, 0.3) is 0 Å². The Balaban J connectivity index is 3.05. The normalized spacial score (nSPS) is 13.2. The van der Waals surface area contributed by atoms with Gasteiger partial charge in [0.2, 0.25) is 8.32 Å². The molecule has 0 aliphatic rings. The summed E-state index contributed by atoms with van der Waals surface area (Å²) in [5, 5.41) is 2.53. The van der Waals surface area contributed by atoms with Crippen LogP contribution in [-0.4, -0.2) is 40.0 Å². The highest BCUT2D eigenvalue weighted by molar-refractivity contribution is 6.87. The molecule has 0 unspecified atom stereocenters. The smallest absolute Gasteiger partial charge is 0.213 e. The first-order valence-electron chi connectivity index (χ1n) is 5.66. The molecule has 1 aromatic rings. The largest absolute Gasteiger partial charge is 0.428 e. The number of rotatable bonds is 3. The van der Waals surface area contributed by atoms with E-state index in [1.165, 1.54) is 5.19 Å². The van der Waals surface area contributed by atoms with E-state index < -0.39 is 16.6 Å². The van der Waals surface area contributed by atoms with E-state index in [2.05, 4.69) is 56.0 Å². The Bertz CT molecular complexity index is 352. The van der Waals surface area contributed by atoms with Crippen LogP contribution in [0.3, 0.4) is 0 Å². The van der Waals surface area contributed by atoms with Crippen molar-refractivity contribution in [2.24, 2.45) is 0 Å². The minimum absolute atomic E-state index is 1.11. The predicted octanol–water partition coefficient (Wildman–Crippen LogP) is 1.06. The average molecular weight is 253 g/mol. The molecule has 1 N–H and O–H groups in total. The van der Waals surface area contributed by atoms with Gasteiger partial charge in [-0.15, -0.1) is 0 Å². The molecule has 0 aliphatic carbocycles. The van der Waals surface area contributed by atoms with Gasteiger partial charge in [-0.25, -0.2) is 0 Å². The molecule has 16 heavy (non-hydrogen) atoms. The molecule has 1 rings (SSSR count). The molecule has 0 fully saturated rings. The predicted molar refractivity (Wildman–Crippen MR) is 76.6 cm³/mol. The van der Waals surface area contributed by atoms with Gasteiger partial charge >= 0.3 is 0 Å². The van der Waals surface area contributed by atoms with Gasteiger partial charge in [-0.3, -0.25) is 0 Å². The number of hydrogen-bond donors (Lipinski definition) is 1. The Kier molecular flexibility index (Phi) is 3.79. The van der Waals surface area contributed by atoms with Gasteiger partial charge in [0.15, 0.2) is 8.24 Å². The quantitative estimate of drug-likeness (QED) is 0.815. The van der Waals surface area contributed by atoms with Crippen LogP contribution in [-0.2, 0) is 0 Å². The summed E-state index contributed by atoms with van der Waals surface area (Å²) in [5.41, 5.74) is 0. The highest BCUT2D eigenvalue weighted by Gasteiger charge is 2.27. The van der Waals surface area contributed by atoms with Crippen molar-refractivity contribution in [2.75, 3.05) is 14.1 Å². The van der Waals surface area contributed by atoms with Crippen molar-refractivity contribution in [3.8, 4) is 0 Å². The number of nitrogens with zero attached hydrogens (tertiary/aromatic N) is 1. The molecule has 0 radical (unpaired) electrons. The Hall–Kier alpha value is -0.426. The van der Waals surface area contributed by atoms with Gasteiger partial charge in [-0.05, 0) is 37.6 Å². The maximum Gasteiger partial charge on any atom is 0.213 e. The van der Waals surface area contributed by atoms with E-state index in [-0.39, 0.29) is 0 Å². The summed E-state index contributed by atoms with van der Waals surface area (Å²) in [4.78, 5) is 10.0. The summed E-state index contributed by atoms with van der Waals surface area (Å²) in [7, 11) is 0.675. The highest BCUT2D eigenvalue weighted by atomic mass is 28.4. The fourth-order valence-corrected chi connectivity index (χ4v) is 4.03. The second-order valence-electron chi connectivity index (χ2n) is 5.59. The van der Waals surface area contributed by atoms with E-state index in [0.29, 0.717) is 0 Å². The molecule has 4 heteroatoms. The van der Waals surface area contributed by atoms with E-state index >= 15 is 0 Å². The van der Waals surface area contributed by atoms with Crippen LogP contribution < -0.4 is 10.4 Å². The standard InChI is InChI=1S/C12H23NOSi2/c1-13(2)15(3,4)11-7-9-12(10-8-11)16(5,6)14/h7-10,14H,1-6H3. The fourth-order valence-electron chi connectivity index (χ4n) is 1.54. The van der Waals surface area contributed by atoms with Crippen molar-refractivity contribution in [1.29, 1.82) is 0 Å². The number of hydrogen-bond acceptors (Lipinski definition) is 2. The lowest BCUT2D eigenvalue weighted by Crippen LogP contribution is -2.55. The van der Waals surface area contributed by atoms with Gasteiger partial charge < -0.3 is 9.36 Å². The van der Waals surface area contributed by atoms with E-state index in [4.69, 9.17) is 0 Å². The first-order valence-corrected chi connectivity index (χ1v) is 11.6. The van der Waals surface area contributed by atoms with E-state index in [0.717, 1.165) is 5.19 Å². The van der Waals surface area contributed by atoms with Crippen molar-refractivity contribution >= 4 is 26.9 Å². The molecule has 0 amide bonds. The third-order valence-corrected chi connectivity index (χ3v) is 9.14. The second-order valence-corrected chi connectivity index (χ2v) is 13.9. The number of benzene rings is 1. The molecule has 0 aromatic heterocycles. The fraction of sp³-hybridized carbons (Fsp3) is 0.500. The minimum Gasteiger partial charge on any atom is -0.428 e. The molecule has 0 heterocycles. The third kappa shape index (κ3) is 2.82. The van der Waals surface area contributed by atoms with Crippen LogP contribution in [0.1, 0.15) is 0 Å². The average Bonchev–Trinajstić information content (AvgIpc) is 2.16. The van der Waals surface area contributed by atoms with Crippen molar-refractivity contribution in [3.05, 3.63) is 24.3 Å². The maximum absolute atomic E-state index is 10.0. The summed E-state index contributed by atoms with van der Waals surface area (Å²) in [5.74, 6) is 0. The van der Waals surface area contributed by atoms with Crippen molar-refractivity contribution in [1.82, 2.24) is 4.57 Å². The molecule has 0 aliphatic heterocycles. The highest BCUT2D eigenvalue weighted by Crippen LogP contribution is 2.06. The van der Waals surface area contributed by atoms with Crippen LogP contribution in [0.15, 0.2) is 24.3 Å². The first kappa shape index (κ1) is 13.6. The van der Waals surface area contributed by atoms with Crippen LogP contribution in [0.2, 0.25) is 26.2 Å². The van der Waals surface area contributed by atoms with Crippen molar-refractivity contribution in [2.45, 2.75) is 26.2 Å². The monoisotopic (exact) mass is 253 g/mol. The molecule has 0 atom stereocenters. The van der Waals surface area contributed by atoms with Crippen molar-refractivity contribution < 1.29 is 4.80 Å². The molecule has 2 nitrogen and oxygen atoms in total. The second kappa shape index (κ2) is 4.45. The molecule has 0 bridgehead atoms.